The monoisotopic (exact) mass is 256 g/mol. The number of likely N-dealkylation sites (tertiary alicyclic amines) is 1. The number of rotatable bonds is 0. The van der Waals surface area contributed by atoms with Crippen molar-refractivity contribution in [1.29, 1.82) is 0 Å². The SMILES string of the molecule is CC(C)(C)OC(=O)N1CCC2=NOC(C)(O)C2C1. The Morgan fingerprint density at radius 3 is 2.89 bits per heavy atom. The summed E-state index contributed by atoms with van der Waals surface area (Å²) in [6, 6.07) is 0. The number of aliphatic hydroxyl groups is 1. The summed E-state index contributed by atoms with van der Waals surface area (Å²) in [4.78, 5) is 18.5. The Hall–Kier alpha value is -1.30. The van der Waals surface area contributed by atoms with Crippen LogP contribution in [0.2, 0.25) is 0 Å². The van der Waals surface area contributed by atoms with Gasteiger partial charge in [0.25, 0.3) is 0 Å². The number of nitrogens with zero attached hydrogens (tertiary/aromatic N) is 2. The van der Waals surface area contributed by atoms with Crippen LogP contribution in [0.1, 0.15) is 34.1 Å². The van der Waals surface area contributed by atoms with Gasteiger partial charge in [-0.05, 0) is 20.8 Å². The summed E-state index contributed by atoms with van der Waals surface area (Å²) in [7, 11) is 0. The fourth-order valence-electron chi connectivity index (χ4n) is 2.14. The maximum absolute atomic E-state index is 12.0. The van der Waals surface area contributed by atoms with E-state index < -0.39 is 11.4 Å². The fourth-order valence-corrected chi connectivity index (χ4v) is 2.14. The van der Waals surface area contributed by atoms with Gasteiger partial charge in [0, 0.05) is 26.4 Å². The van der Waals surface area contributed by atoms with Gasteiger partial charge in [-0.3, -0.25) is 0 Å². The van der Waals surface area contributed by atoms with E-state index in [1.165, 1.54) is 0 Å². The van der Waals surface area contributed by atoms with Crippen molar-refractivity contribution in [2.45, 2.75) is 45.5 Å². The lowest BCUT2D eigenvalue weighted by atomic mass is 9.90. The molecule has 18 heavy (non-hydrogen) atoms. The molecule has 2 aliphatic heterocycles. The summed E-state index contributed by atoms with van der Waals surface area (Å²) < 4.78 is 5.32. The van der Waals surface area contributed by atoms with Gasteiger partial charge in [-0.2, -0.15) is 0 Å². The molecule has 102 valence electrons. The number of piperidine rings is 1. The van der Waals surface area contributed by atoms with E-state index in [0.29, 0.717) is 19.5 Å². The van der Waals surface area contributed by atoms with Crippen LogP contribution in [0.3, 0.4) is 0 Å². The Morgan fingerprint density at radius 2 is 2.28 bits per heavy atom. The van der Waals surface area contributed by atoms with Gasteiger partial charge < -0.3 is 19.6 Å². The first kappa shape index (κ1) is 13.1. The largest absolute Gasteiger partial charge is 0.444 e. The molecular weight excluding hydrogens is 236 g/mol. The van der Waals surface area contributed by atoms with E-state index in [2.05, 4.69) is 5.16 Å². The quantitative estimate of drug-likeness (QED) is 0.710. The number of carbonyl (C=O) groups is 1. The minimum atomic E-state index is -1.32. The highest BCUT2D eigenvalue weighted by Gasteiger charge is 2.47. The van der Waals surface area contributed by atoms with Crippen molar-refractivity contribution in [3.05, 3.63) is 0 Å². The van der Waals surface area contributed by atoms with E-state index in [0.717, 1.165) is 5.71 Å². The lowest BCUT2D eigenvalue weighted by Gasteiger charge is -2.35. The minimum Gasteiger partial charge on any atom is -0.444 e. The van der Waals surface area contributed by atoms with Crippen molar-refractivity contribution in [2.24, 2.45) is 11.1 Å². The van der Waals surface area contributed by atoms with E-state index in [1.54, 1.807) is 11.8 Å². The third-order valence-electron chi connectivity index (χ3n) is 3.09. The minimum absolute atomic E-state index is 0.265. The van der Waals surface area contributed by atoms with Gasteiger partial charge in [-0.25, -0.2) is 4.79 Å². The van der Waals surface area contributed by atoms with E-state index in [1.807, 2.05) is 20.8 Å². The lowest BCUT2D eigenvalue weighted by molar-refractivity contribution is -0.196. The number of hydrogen-bond acceptors (Lipinski definition) is 5. The molecule has 2 unspecified atom stereocenters. The number of amides is 1. The topological polar surface area (TPSA) is 71.4 Å². The van der Waals surface area contributed by atoms with Crippen LogP contribution in [0, 0.1) is 5.92 Å². The number of carbonyl (C=O) groups excluding carboxylic acids is 1. The molecule has 0 aliphatic carbocycles. The summed E-state index contributed by atoms with van der Waals surface area (Å²) in [6.07, 6.45) is 0.254. The maximum atomic E-state index is 12.0. The summed E-state index contributed by atoms with van der Waals surface area (Å²) in [5.41, 5.74) is 0.306. The molecule has 0 aromatic heterocycles. The van der Waals surface area contributed by atoms with Crippen molar-refractivity contribution in [2.75, 3.05) is 13.1 Å². The molecule has 2 aliphatic rings. The van der Waals surface area contributed by atoms with Crippen LogP contribution in [0.25, 0.3) is 0 Å². The van der Waals surface area contributed by atoms with E-state index in [4.69, 9.17) is 9.57 Å². The normalized spacial score (nSPS) is 31.5. The van der Waals surface area contributed by atoms with Gasteiger partial charge >= 0.3 is 6.09 Å². The molecule has 1 amide bonds. The van der Waals surface area contributed by atoms with Gasteiger partial charge in [0.15, 0.2) is 0 Å². The van der Waals surface area contributed by atoms with Crippen LogP contribution >= 0.6 is 0 Å². The first-order chi connectivity index (χ1) is 8.19. The molecular formula is C12H20N2O4. The molecule has 0 bridgehead atoms. The van der Waals surface area contributed by atoms with Crippen LogP contribution < -0.4 is 0 Å². The summed E-state index contributed by atoms with van der Waals surface area (Å²) in [6.45, 7) is 7.97. The Bertz CT molecular complexity index is 384. The maximum Gasteiger partial charge on any atom is 0.410 e. The Balaban J connectivity index is 2.02. The van der Waals surface area contributed by atoms with Crippen LogP contribution in [0.5, 0.6) is 0 Å². The van der Waals surface area contributed by atoms with Crippen LogP contribution in [0.15, 0.2) is 5.16 Å². The number of hydrogen-bond donors (Lipinski definition) is 1. The third-order valence-corrected chi connectivity index (χ3v) is 3.09. The smallest absolute Gasteiger partial charge is 0.410 e. The van der Waals surface area contributed by atoms with Crippen molar-refractivity contribution in [3.63, 3.8) is 0 Å². The summed E-state index contributed by atoms with van der Waals surface area (Å²) in [5, 5.41) is 13.9. The molecule has 0 aromatic rings. The second-order valence-electron chi connectivity index (χ2n) is 5.96. The molecule has 1 fully saturated rings. The average molecular weight is 256 g/mol. The van der Waals surface area contributed by atoms with Crippen molar-refractivity contribution in [1.82, 2.24) is 4.90 Å². The summed E-state index contributed by atoms with van der Waals surface area (Å²) in [5.74, 6) is -1.59. The van der Waals surface area contributed by atoms with Crippen LogP contribution in [-0.4, -0.2) is 46.3 Å². The molecule has 6 nitrogen and oxygen atoms in total. The molecule has 1 saturated heterocycles. The molecule has 2 atom stereocenters. The molecule has 2 heterocycles. The molecule has 1 N–H and O–H groups in total. The zero-order valence-electron chi connectivity index (χ0n) is 11.3. The highest BCUT2D eigenvalue weighted by Crippen LogP contribution is 2.32. The number of oxime groups is 1. The Morgan fingerprint density at radius 1 is 1.61 bits per heavy atom. The highest BCUT2D eigenvalue weighted by atomic mass is 16.7. The highest BCUT2D eigenvalue weighted by molar-refractivity contribution is 5.90. The van der Waals surface area contributed by atoms with E-state index in [-0.39, 0.29) is 12.0 Å². The second-order valence-corrected chi connectivity index (χ2v) is 5.96. The zero-order valence-corrected chi connectivity index (χ0v) is 11.3. The predicted octanol–water partition coefficient (Wildman–Crippen LogP) is 1.34. The number of ether oxygens (including phenoxy) is 1. The molecule has 0 spiro atoms. The fraction of sp³-hybridized carbons (Fsp3) is 0.833. The van der Waals surface area contributed by atoms with Crippen molar-refractivity contribution >= 4 is 11.8 Å². The van der Waals surface area contributed by atoms with Crippen LogP contribution in [-0.2, 0) is 9.57 Å². The molecule has 0 aromatic carbocycles. The third kappa shape index (κ3) is 2.58. The molecule has 2 rings (SSSR count). The van der Waals surface area contributed by atoms with Gasteiger partial charge in [0.05, 0.1) is 11.6 Å². The predicted molar refractivity (Wildman–Crippen MR) is 65.1 cm³/mol. The number of fused-ring (bicyclic) bond motifs is 1. The van der Waals surface area contributed by atoms with Gasteiger partial charge in [-0.15, -0.1) is 0 Å². The van der Waals surface area contributed by atoms with E-state index >= 15 is 0 Å². The average Bonchev–Trinajstić information content (AvgIpc) is 2.52. The molecule has 0 saturated carbocycles. The zero-order chi connectivity index (χ0) is 13.6. The van der Waals surface area contributed by atoms with Gasteiger partial charge in [0.2, 0.25) is 5.79 Å². The van der Waals surface area contributed by atoms with E-state index in [9.17, 15) is 9.90 Å². The Labute approximate surface area is 107 Å². The lowest BCUT2D eigenvalue weighted by Crippen LogP contribution is -2.51. The Kier molecular flexibility index (Phi) is 3.01. The molecule has 0 radical (unpaired) electrons. The van der Waals surface area contributed by atoms with Crippen molar-refractivity contribution in [3.8, 4) is 0 Å². The van der Waals surface area contributed by atoms with Crippen LogP contribution in [0.4, 0.5) is 4.79 Å². The first-order valence-corrected chi connectivity index (χ1v) is 6.14. The van der Waals surface area contributed by atoms with Gasteiger partial charge in [-0.1, -0.05) is 5.16 Å². The standard InChI is InChI=1S/C12H20N2O4/c1-11(2,3)17-10(15)14-6-5-9-8(7-14)12(4,16)18-13-9/h8,16H,5-7H2,1-4H3. The van der Waals surface area contributed by atoms with Gasteiger partial charge in [0.1, 0.15) is 5.60 Å². The second kappa shape index (κ2) is 4.12. The van der Waals surface area contributed by atoms with Crippen molar-refractivity contribution < 1.29 is 19.5 Å². The molecule has 6 heteroatoms. The summed E-state index contributed by atoms with van der Waals surface area (Å²) >= 11 is 0. The first-order valence-electron chi connectivity index (χ1n) is 6.14.